The van der Waals surface area contributed by atoms with Gasteiger partial charge in [-0.3, -0.25) is 33.7 Å². The molecule has 21 nitrogen and oxygen atoms in total. The molecule has 8 aromatic rings. The molecule has 0 aliphatic heterocycles. The van der Waals surface area contributed by atoms with E-state index in [4.69, 9.17) is 40.6 Å². The molecule has 352 valence electrons. The maximum Gasteiger partial charge on any atom is 0.356 e. The lowest BCUT2D eigenvalue weighted by atomic mass is 10.1. The fraction of sp³-hybridized carbons (Fsp3) is 0.319. The third-order valence-electron chi connectivity index (χ3n) is 11.3. The number of benzene rings is 2. The highest BCUT2D eigenvalue weighted by molar-refractivity contribution is 6.12. The van der Waals surface area contributed by atoms with E-state index < -0.39 is 23.7 Å². The highest BCUT2D eigenvalue weighted by Crippen LogP contribution is 2.37. The van der Waals surface area contributed by atoms with Gasteiger partial charge in [0.15, 0.2) is 5.82 Å². The second-order valence-electron chi connectivity index (χ2n) is 16.0. The van der Waals surface area contributed by atoms with Crippen molar-refractivity contribution < 1.29 is 33.4 Å². The van der Waals surface area contributed by atoms with Crippen LogP contribution in [0.2, 0.25) is 0 Å². The topological polar surface area (TPSA) is 262 Å². The number of nitrogens with two attached hydrogens (primary N) is 2. The van der Waals surface area contributed by atoms with E-state index in [1.807, 2.05) is 55.2 Å². The summed E-state index contributed by atoms with van der Waals surface area (Å²) in [6.45, 7) is 13.4. The highest BCUT2D eigenvalue weighted by Gasteiger charge is 2.24. The third-order valence-corrected chi connectivity index (χ3v) is 11.3. The van der Waals surface area contributed by atoms with Crippen LogP contribution in [-0.2, 0) is 37.5 Å². The minimum atomic E-state index is -0.707. The highest BCUT2D eigenvalue weighted by atomic mass is 16.5. The van der Waals surface area contributed by atoms with Crippen molar-refractivity contribution in [1.82, 2.24) is 53.4 Å². The average Bonchev–Trinajstić information content (AvgIpc) is 4.15. The van der Waals surface area contributed by atoms with Crippen molar-refractivity contribution >= 4 is 62.6 Å². The molecule has 0 aliphatic carbocycles. The van der Waals surface area contributed by atoms with E-state index in [1.165, 1.54) is 19.2 Å². The number of nitrogens with zero attached hydrogens (tertiary/aromatic N) is 11. The summed E-state index contributed by atoms with van der Waals surface area (Å²) in [6.07, 6.45) is 5.85. The number of hydrogen-bond acceptors (Lipinski definition) is 13. The monoisotopic (exact) mass is 924 g/mol. The van der Waals surface area contributed by atoms with Crippen LogP contribution in [-0.4, -0.2) is 97.4 Å². The van der Waals surface area contributed by atoms with Gasteiger partial charge in [-0.25, -0.2) is 19.7 Å². The number of esters is 1. The van der Waals surface area contributed by atoms with Crippen molar-refractivity contribution in [3.8, 4) is 23.0 Å². The maximum absolute atomic E-state index is 13.9. The quantitative estimate of drug-likeness (QED) is 0.0514. The number of aryl methyl sites for hydroxylation is 6. The molecule has 0 saturated carbocycles. The van der Waals surface area contributed by atoms with E-state index in [9.17, 15) is 19.2 Å². The van der Waals surface area contributed by atoms with Gasteiger partial charge in [0, 0.05) is 67.2 Å². The Hall–Kier alpha value is -8.36. The summed E-state index contributed by atoms with van der Waals surface area (Å²) in [6, 6.07) is 11.7. The van der Waals surface area contributed by atoms with Gasteiger partial charge in [0.1, 0.15) is 39.7 Å². The Morgan fingerprint density at radius 2 is 1.31 bits per heavy atom. The molecule has 0 aliphatic rings. The van der Waals surface area contributed by atoms with Gasteiger partial charge >= 0.3 is 5.97 Å². The van der Waals surface area contributed by atoms with Crippen molar-refractivity contribution in [2.45, 2.75) is 80.7 Å². The minimum Gasteiger partial charge on any atom is -0.495 e. The van der Waals surface area contributed by atoms with E-state index in [0.29, 0.717) is 93.4 Å². The molecule has 3 amide bonds. The number of hydrogen-bond donors (Lipinski definition) is 3. The fourth-order valence-electron chi connectivity index (χ4n) is 8.21. The number of allylic oxidation sites excluding steroid dienone is 2. The van der Waals surface area contributed by atoms with Crippen LogP contribution >= 0.6 is 0 Å². The Bertz CT molecular complexity index is 3300. The van der Waals surface area contributed by atoms with Gasteiger partial charge in [-0.1, -0.05) is 12.2 Å². The molecule has 5 N–H and O–H groups in total. The van der Waals surface area contributed by atoms with Gasteiger partial charge in [-0.15, -0.1) is 0 Å². The second-order valence-corrected chi connectivity index (χ2v) is 16.0. The Labute approximate surface area is 389 Å². The van der Waals surface area contributed by atoms with Crippen molar-refractivity contribution in [2.75, 3.05) is 25.6 Å². The molecule has 68 heavy (non-hydrogen) atoms. The van der Waals surface area contributed by atoms with Gasteiger partial charge in [-0.05, 0) is 84.0 Å². The number of ether oxygens (including phenoxy) is 3. The maximum atomic E-state index is 13.9. The third kappa shape index (κ3) is 8.96. The Kier molecular flexibility index (Phi) is 13.1. The van der Waals surface area contributed by atoms with E-state index in [0.717, 1.165) is 11.4 Å². The molecule has 0 spiro atoms. The Balaban J connectivity index is 1.16. The summed E-state index contributed by atoms with van der Waals surface area (Å²) in [7, 11) is 1.52. The first-order valence-electron chi connectivity index (χ1n) is 22.1. The number of primary amides is 2. The van der Waals surface area contributed by atoms with Crippen LogP contribution in [0, 0.1) is 20.8 Å². The smallest absolute Gasteiger partial charge is 0.356 e. The number of methoxy groups -OCH3 is 1. The number of carbonyl (C=O) groups excluding carboxylic acids is 4. The molecule has 2 aromatic carbocycles. The molecular weight excluding hydrogens is 873 g/mol. The fourth-order valence-corrected chi connectivity index (χ4v) is 8.21. The molecule has 0 radical (unpaired) electrons. The van der Waals surface area contributed by atoms with Crippen LogP contribution in [0.25, 0.3) is 44.5 Å². The number of fused-ring (bicyclic) bond motifs is 4. The van der Waals surface area contributed by atoms with Crippen LogP contribution in [0.4, 0.5) is 5.95 Å². The lowest BCUT2D eigenvalue weighted by Crippen LogP contribution is -2.20. The zero-order valence-corrected chi connectivity index (χ0v) is 38.9. The number of carbonyl (C=O) groups is 4. The number of aromatic nitrogens is 11. The van der Waals surface area contributed by atoms with Crippen LogP contribution in [0.1, 0.15) is 86.0 Å². The molecule has 0 saturated heterocycles. The first-order chi connectivity index (χ1) is 32.7. The van der Waals surface area contributed by atoms with Gasteiger partial charge in [0.2, 0.25) is 17.8 Å². The zero-order valence-electron chi connectivity index (χ0n) is 38.9. The molecule has 0 atom stereocenters. The largest absolute Gasteiger partial charge is 0.495 e. The van der Waals surface area contributed by atoms with Gasteiger partial charge in [0.05, 0.1) is 48.4 Å². The van der Waals surface area contributed by atoms with Gasteiger partial charge < -0.3 is 34.8 Å². The van der Waals surface area contributed by atoms with Crippen LogP contribution in [0.5, 0.6) is 11.5 Å². The zero-order chi connectivity index (χ0) is 48.4. The molecule has 6 heterocycles. The molecule has 6 aromatic heterocycles. The van der Waals surface area contributed by atoms with E-state index in [1.54, 1.807) is 58.2 Å². The standard InChI is InChI=1S/C47H52N14O7/c1-8-59-34(18-26(4)54-59)43-50-25-32-31-21-29(41(48)62)23-37(66-7)39(31)57(44(32)52-43)14-11-12-15-58-40-33(51-47(58)53-45(64)35-19-27(5)55-60(35)9-2)22-30(42(49)63)24-38(40)67-16-13-17-68-46(65)36-20-28(6)56-61(36)10-3/h11-12,18-25H,8-10,13-17H2,1-7H3,(H2,48,62)(H2,49,63)(H,51,53,64)/b12-11+. The van der Waals surface area contributed by atoms with E-state index >= 15 is 0 Å². The summed E-state index contributed by atoms with van der Waals surface area (Å²) in [5.41, 5.74) is 17.6. The normalized spacial score (nSPS) is 11.6. The predicted molar refractivity (Wildman–Crippen MR) is 253 cm³/mol. The number of imidazole rings is 1. The van der Waals surface area contributed by atoms with Crippen LogP contribution in [0.15, 0.2) is 60.8 Å². The second kappa shape index (κ2) is 19.2. The molecule has 21 heteroatoms. The van der Waals surface area contributed by atoms with Gasteiger partial charge in [-0.2, -0.15) is 15.3 Å². The van der Waals surface area contributed by atoms with Crippen molar-refractivity contribution in [2.24, 2.45) is 11.5 Å². The van der Waals surface area contributed by atoms with Crippen LogP contribution in [0.3, 0.4) is 0 Å². The predicted octanol–water partition coefficient (Wildman–Crippen LogP) is 5.52. The number of amides is 3. The van der Waals surface area contributed by atoms with Gasteiger partial charge in [0.25, 0.3) is 5.91 Å². The van der Waals surface area contributed by atoms with Crippen molar-refractivity contribution in [3.63, 3.8) is 0 Å². The van der Waals surface area contributed by atoms with E-state index in [-0.39, 0.29) is 49.1 Å². The van der Waals surface area contributed by atoms with Crippen molar-refractivity contribution in [3.05, 3.63) is 100 Å². The average molecular weight is 925 g/mol. The number of rotatable bonds is 19. The lowest BCUT2D eigenvalue weighted by Gasteiger charge is -2.13. The Morgan fingerprint density at radius 3 is 1.99 bits per heavy atom. The summed E-state index contributed by atoms with van der Waals surface area (Å²) >= 11 is 0. The molecule has 0 fully saturated rings. The molecule has 8 rings (SSSR count). The summed E-state index contributed by atoms with van der Waals surface area (Å²) in [5.74, 6) is -0.967. The van der Waals surface area contributed by atoms with Crippen LogP contribution < -0.4 is 26.3 Å². The summed E-state index contributed by atoms with van der Waals surface area (Å²) in [5, 5.41) is 17.7. The Morgan fingerprint density at radius 1 is 0.691 bits per heavy atom. The summed E-state index contributed by atoms with van der Waals surface area (Å²) < 4.78 is 26.4. The van der Waals surface area contributed by atoms with E-state index in [2.05, 4.69) is 20.6 Å². The number of anilines is 1. The number of nitrogens with one attached hydrogen (secondary N) is 1. The lowest BCUT2D eigenvalue weighted by molar-refractivity contribution is 0.0471. The first-order valence-corrected chi connectivity index (χ1v) is 22.1. The molecule has 0 unspecified atom stereocenters. The molecule has 0 bridgehead atoms. The SMILES string of the molecule is CCn1nc(C)cc1C(=O)Nc1nc2cc(C(N)=O)cc(OCCCOC(=O)c3cc(C)nn3CC)c2n1C/C=C/Cn1c2nc(-c3cc(C)nn3CC)ncc2c2cc(C(N)=O)cc(OC)c21. The first kappa shape index (κ1) is 46.2. The minimum absolute atomic E-state index is 0.0466. The molecular formula is C47H52N14O7. The summed E-state index contributed by atoms with van der Waals surface area (Å²) in [4.78, 5) is 66.5. The van der Waals surface area contributed by atoms with Crippen molar-refractivity contribution in [1.29, 1.82) is 0 Å².